The SMILES string of the molecule is O=C(c1ccccc1F)N1CCN(C(=O)c2nc3cccnc3n(Cc3ccccc3)c2=O)CC1. The smallest absolute Gasteiger partial charge is 0.284 e. The van der Waals surface area contributed by atoms with E-state index in [0.717, 1.165) is 5.56 Å². The van der Waals surface area contributed by atoms with Gasteiger partial charge in [0.05, 0.1) is 12.1 Å². The van der Waals surface area contributed by atoms with Crippen molar-refractivity contribution in [2.45, 2.75) is 6.54 Å². The molecule has 4 aromatic rings. The molecule has 0 bridgehead atoms. The van der Waals surface area contributed by atoms with Crippen molar-refractivity contribution in [3.63, 3.8) is 0 Å². The lowest BCUT2D eigenvalue weighted by Crippen LogP contribution is -2.51. The highest BCUT2D eigenvalue weighted by Crippen LogP contribution is 2.15. The summed E-state index contributed by atoms with van der Waals surface area (Å²) in [5, 5.41) is 0. The molecule has 0 saturated carbocycles. The first-order chi connectivity index (χ1) is 17.0. The first-order valence-corrected chi connectivity index (χ1v) is 11.3. The molecule has 0 atom stereocenters. The van der Waals surface area contributed by atoms with E-state index in [1.807, 2.05) is 30.3 Å². The van der Waals surface area contributed by atoms with Crippen LogP contribution in [0.3, 0.4) is 0 Å². The zero-order valence-corrected chi connectivity index (χ0v) is 18.8. The van der Waals surface area contributed by atoms with E-state index in [-0.39, 0.29) is 44.0 Å². The van der Waals surface area contributed by atoms with Crippen LogP contribution in [0, 0.1) is 5.82 Å². The van der Waals surface area contributed by atoms with Gasteiger partial charge in [0.25, 0.3) is 17.4 Å². The van der Waals surface area contributed by atoms with E-state index in [4.69, 9.17) is 0 Å². The number of pyridine rings is 1. The lowest BCUT2D eigenvalue weighted by atomic mass is 10.1. The summed E-state index contributed by atoms with van der Waals surface area (Å²) in [6.07, 6.45) is 1.58. The van der Waals surface area contributed by atoms with Crippen LogP contribution >= 0.6 is 0 Å². The minimum atomic E-state index is -0.580. The van der Waals surface area contributed by atoms with Crippen molar-refractivity contribution in [2.75, 3.05) is 26.2 Å². The van der Waals surface area contributed by atoms with Gasteiger partial charge >= 0.3 is 0 Å². The second-order valence-electron chi connectivity index (χ2n) is 8.25. The minimum absolute atomic E-state index is 0.000212. The Morgan fingerprint density at radius 2 is 1.49 bits per heavy atom. The van der Waals surface area contributed by atoms with Gasteiger partial charge in [-0.25, -0.2) is 14.4 Å². The Hall–Kier alpha value is -4.40. The molecule has 0 radical (unpaired) electrons. The van der Waals surface area contributed by atoms with Gasteiger partial charge in [0, 0.05) is 32.4 Å². The van der Waals surface area contributed by atoms with E-state index < -0.39 is 23.2 Å². The topological polar surface area (TPSA) is 88.4 Å². The van der Waals surface area contributed by atoms with Crippen LogP contribution in [0.15, 0.2) is 77.7 Å². The number of amides is 2. The van der Waals surface area contributed by atoms with Gasteiger partial charge in [-0.15, -0.1) is 0 Å². The van der Waals surface area contributed by atoms with E-state index in [1.165, 1.54) is 32.6 Å². The molecule has 5 rings (SSSR count). The highest BCUT2D eigenvalue weighted by Gasteiger charge is 2.29. The van der Waals surface area contributed by atoms with Crippen molar-refractivity contribution in [3.8, 4) is 0 Å². The average molecular weight is 471 g/mol. The van der Waals surface area contributed by atoms with Crippen molar-refractivity contribution in [1.29, 1.82) is 0 Å². The standard InChI is InChI=1S/C26H22FN5O3/c27-20-10-5-4-9-19(20)24(33)30-13-15-31(16-14-30)25(34)22-26(35)32(17-18-7-2-1-3-8-18)23-21(29-22)11-6-12-28-23/h1-12H,13-17H2. The number of fused-ring (bicyclic) bond motifs is 1. The number of hydrogen-bond acceptors (Lipinski definition) is 5. The fraction of sp³-hybridized carbons (Fsp3) is 0.192. The summed E-state index contributed by atoms with van der Waals surface area (Å²) in [4.78, 5) is 51.1. The molecule has 1 fully saturated rings. The van der Waals surface area contributed by atoms with Crippen molar-refractivity contribution in [3.05, 3.63) is 106 Å². The normalized spacial score (nSPS) is 13.7. The van der Waals surface area contributed by atoms with Crippen LogP contribution in [-0.4, -0.2) is 62.3 Å². The quantitative estimate of drug-likeness (QED) is 0.457. The lowest BCUT2D eigenvalue weighted by molar-refractivity contribution is 0.0528. The largest absolute Gasteiger partial charge is 0.335 e. The van der Waals surface area contributed by atoms with Crippen LogP contribution in [-0.2, 0) is 6.54 Å². The van der Waals surface area contributed by atoms with Crippen molar-refractivity contribution in [2.24, 2.45) is 0 Å². The first kappa shape index (κ1) is 22.4. The summed E-state index contributed by atoms with van der Waals surface area (Å²) in [7, 11) is 0. The monoisotopic (exact) mass is 471 g/mol. The summed E-state index contributed by atoms with van der Waals surface area (Å²) in [5.41, 5.74) is 1.04. The number of carbonyl (C=O) groups is 2. The molecule has 2 amide bonds. The van der Waals surface area contributed by atoms with E-state index in [2.05, 4.69) is 9.97 Å². The Morgan fingerprint density at radius 3 is 2.20 bits per heavy atom. The second kappa shape index (κ2) is 9.46. The van der Waals surface area contributed by atoms with Crippen LogP contribution in [0.5, 0.6) is 0 Å². The van der Waals surface area contributed by atoms with E-state index >= 15 is 0 Å². The second-order valence-corrected chi connectivity index (χ2v) is 8.25. The molecular formula is C26H22FN5O3. The molecule has 0 unspecified atom stereocenters. The number of benzene rings is 2. The lowest BCUT2D eigenvalue weighted by Gasteiger charge is -2.34. The number of rotatable bonds is 4. The molecule has 9 heteroatoms. The maximum atomic E-state index is 14.0. The molecule has 1 aliphatic heterocycles. The summed E-state index contributed by atoms with van der Waals surface area (Å²) < 4.78 is 15.5. The van der Waals surface area contributed by atoms with Gasteiger partial charge in [-0.05, 0) is 29.8 Å². The van der Waals surface area contributed by atoms with E-state index in [1.54, 1.807) is 24.4 Å². The molecule has 0 aliphatic carbocycles. The maximum Gasteiger partial charge on any atom is 0.284 e. The Balaban J connectivity index is 1.40. The summed E-state index contributed by atoms with van der Waals surface area (Å²) in [6.45, 7) is 1.13. The third-order valence-corrected chi connectivity index (χ3v) is 6.05. The minimum Gasteiger partial charge on any atom is -0.335 e. The zero-order valence-electron chi connectivity index (χ0n) is 18.8. The van der Waals surface area contributed by atoms with Crippen molar-refractivity contribution < 1.29 is 14.0 Å². The number of halogens is 1. The molecule has 0 spiro atoms. The molecule has 0 N–H and O–H groups in total. The van der Waals surface area contributed by atoms with Crippen LogP contribution in [0.4, 0.5) is 4.39 Å². The summed E-state index contributed by atoms with van der Waals surface area (Å²) >= 11 is 0. The van der Waals surface area contributed by atoms with Crippen LogP contribution < -0.4 is 5.56 Å². The van der Waals surface area contributed by atoms with Gasteiger partial charge in [-0.1, -0.05) is 42.5 Å². The van der Waals surface area contributed by atoms with Gasteiger partial charge in [-0.3, -0.25) is 19.0 Å². The third kappa shape index (κ3) is 4.40. The van der Waals surface area contributed by atoms with Crippen molar-refractivity contribution >= 4 is 23.0 Å². The summed E-state index contributed by atoms with van der Waals surface area (Å²) in [5.74, 6) is -1.50. The molecule has 35 heavy (non-hydrogen) atoms. The van der Waals surface area contributed by atoms with E-state index in [9.17, 15) is 18.8 Å². The Morgan fingerprint density at radius 1 is 0.829 bits per heavy atom. The van der Waals surface area contributed by atoms with Gasteiger partial charge < -0.3 is 9.80 Å². The number of hydrogen-bond donors (Lipinski definition) is 0. The number of piperazine rings is 1. The van der Waals surface area contributed by atoms with Crippen LogP contribution in [0.1, 0.15) is 26.4 Å². The predicted octanol–water partition coefficient (Wildman–Crippen LogP) is 2.58. The maximum absolute atomic E-state index is 14.0. The zero-order chi connectivity index (χ0) is 24.4. The van der Waals surface area contributed by atoms with Gasteiger partial charge in [0.15, 0.2) is 11.3 Å². The fourth-order valence-electron chi connectivity index (χ4n) is 4.20. The number of nitrogens with zero attached hydrogens (tertiary/aromatic N) is 5. The molecule has 176 valence electrons. The van der Waals surface area contributed by atoms with Gasteiger partial charge in [0.2, 0.25) is 0 Å². The Kier molecular flexibility index (Phi) is 6.05. The van der Waals surface area contributed by atoms with Gasteiger partial charge in [0.1, 0.15) is 11.3 Å². The molecule has 1 aliphatic rings. The highest BCUT2D eigenvalue weighted by atomic mass is 19.1. The fourth-order valence-corrected chi connectivity index (χ4v) is 4.20. The van der Waals surface area contributed by atoms with E-state index in [0.29, 0.717) is 11.2 Å². The Bertz CT molecular complexity index is 1460. The summed E-state index contributed by atoms with van der Waals surface area (Å²) in [6, 6.07) is 18.7. The molecule has 1 saturated heterocycles. The number of aromatic nitrogens is 3. The van der Waals surface area contributed by atoms with Gasteiger partial charge in [-0.2, -0.15) is 0 Å². The Labute approximate surface area is 200 Å². The number of carbonyl (C=O) groups excluding carboxylic acids is 2. The average Bonchev–Trinajstić information content (AvgIpc) is 2.90. The molecular weight excluding hydrogens is 449 g/mol. The molecule has 2 aromatic heterocycles. The molecule has 3 heterocycles. The highest BCUT2D eigenvalue weighted by molar-refractivity contribution is 5.96. The third-order valence-electron chi connectivity index (χ3n) is 6.05. The molecule has 2 aromatic carbocycles. The predicted molar refractivity (Wildman–Crippen MR) is 128 cm³/mol. The van der Waals surface area contributed by atoms with Crippen molar-refractivity contribution in [1.82, 2.24) is 24.3 Å². The molecule has 8 nitrogen and oxygen atoms in total. The first-order valence-electron chi connectivity index (χ1n) is 11.3. The van der Waals surface area contributed by atoms with Crippen LogP contribution in [0.2, 0.25) is 0 Å². The van der Waals surface area contributed by atoms with Crippen LogP contribution in [0.25, 0.3) is 11.2 Å².